The number of nitrogens with one attached hydrogen (secondary N) is 2. The lowest BCUT2D eigenvalue weighted by molar-refractivity contribution is -0.144. The van der Waals surface area contributed by atoms with Gasteiger partial charge in [0.25, 0.3) is 0 Å². The van der Waals surface area contributed by atoms with Crippen LogP contribution in [-0.4, -0.2) is 61.6 Å². The number of hydrogen-bond acceptors (Lipinski definition) is 9. The highest BCUT2D eigenvalue weighted by Crippen LogP contribution is 2.27. The molecule has 10 nitrogen and oxygen atoms in total. The molecule has 242 valence electrons. The molecule has 0 bridgehead atoms. The third-order valence-electron chi connectivity index (χ3n) is 7.04. The van der Waals surface area contributed by atoms with E-state index >= 15 is 0 Å². The van der Waals surface area contributed by atoms with E-state index in [4.69, 9.17) is 19.0 Å². The van der Waals surface area contributed by atoms with Crippen LogP contribution < -0.4 is 20.3 Å². The van der Waals surface area contributed by atoms with Gasteiger partial charge in [0.1, 0.15) is 36.4 Å². The number of likely N-dealkylation sites (N-methyl/N-ethyl adjacent to an activating group) is 1. The minimum Gasteiger partial charge on any atom is -0.491 e. The maximum Gasteiger partial charge on any atom is 0.354 e. The van der Waals surface area contributed by atoms with E-state index in [9.17, 15) is 14.4 Å². The first kappa shape index (κ1) is 34.9. The van der Waals surface area contributed by atoms with E-state index in [1.807, 2.05) is 61.5 Å². The van der Waals surface area contributed by atoms with Crippen LogP contribution in [0.5, 0.6) is 11.5 Å². The highest BCUT2D eigenvalue weighted by Gasteiger charge is 2.23. The number of carbonyl (C=O) groups is 3. The van der Waals surface area contributed by atoms with E-state index in [0.29, 0.717) is 42.5 Å². The van der Waals surface area contributed by atoms with E-state index in [1.54, 1.807) is 18.2 Å². The van der Waals surface area contributed by atoms with E-state index < -0.39 is 18.0 Å². The minimum absolute atomic E-state index is 0.206. The molecule has 45 heavy (non-hydrogen) atoms. The Labute approximate surface area is 266 Å². The highest BCUT2D eigenvalue weighted by molar-refractivity contribution is 5.91. The fourth-order valence-electron chi connectivity index (χ4n) is 4.38. The fraction of sp³-hybridized carbons (Fsp3) is 0.400. The van der Waals surface area contributed by atoms with Gasteiger partial charge in [-0.3, -0.25) is 4.79 Å². The molecular weight excluding hydrogens is 574 g/mol. The Bertz CT molecular complexity index is 1350. The summed E-state index contributed by atoms with van der Waals surface area (Å²) in [4.78, 5) is 45.3. The molecule has 3 aromatic rings. The minimum atomic E-state index is -0.949. The summed E-state index contributed by atoms with van der Waals surface area (Å²) in [6.07, 6.45) is 1.93. The Hall–Kier alpha value is -4.57. The maximum atomic E-state index is 13.1. The second-order valence-electron chi connectivity index (χ2n) is 10.5. The third kappa shape index (κ3) is 12.1. The fourth-order valence-corrected chi connectivity index (χ4v) is 4.38. The molecule has 10 heteroatoms. The van der Waals surface area contributed by atoms with Crippen LogP contribution in [0.15, 0.2) is 72.8 Å². The molecule has 0 aliphatic rings. The average Bonchev–Trinajstić information content (AvgIpc) is 3.05. The standard InChI is InChI=1S/C35H45N3O7/c1-5-8-21-42-33-24-29(34(40)43-22-20-38(6-2)7-3)16-19-31(33)37-45-35(41)32(36-26(4)39)23-27-14-17-30(18-15-27)44-25-28-12-10-9-11-13-28/h9-19,24,32,37H,5-8,20-23,25H2,1-4H3,(H,36,39)/t32-/m1/s1. The van der Waals surface area contributed by atoms with Crippen LogP contribution in [0.1, 0.15) is 62.0 Å². The maximum absolute atomic E-state index is 13.1. The van der Waals surface area contributed by atoms with Gasteiger partial charge in [-0.25, -0.2) is 15.1 Å². The molecule has 3 aromatic carbocycles. The Morgan fingerprint density at radius 1 is 0.844 bits per heavy atom. The van der Waals surface area contributed by atoms with E-state index in [-0.39, 0.29) is 18.9 Å². The van der Waals surface area contributed by atoms with Gasteiger partial charge in [0, 0.05) is 19.9 Å². The van der Waals surface area contributed by atoms with Gasteiger partial charge in [-0.1, -0.05) is 69.7 Å². The normalized spacial score (nSPS) is 11.4. The number of carbonyl (C=O) groups excluding carboxylic acids is 3. The number of esters is 1. The van der Waals surface area contributed by atoms with Gasteiger partial charge in [-0.15, -0.1) is 0 Å². The zero-order valence-corrected chi connectivity index (χ0v) is 26.7. The molecule has 0 heterocycles. The predicted octanol–water partition coefficient (Wildman–Crippen LogP) is 5.56. The number of nitrogens with zero attached hydrogens (tertiary/aromatic N) is 1. The summed E-state index contributed by atoms with van der Waals surface area (Å²) < 4.78 is 17.2. The van der Waals surface area contributed by atoms with Crippen LogP contribution in [0, 0.1) is 0 Å². The molecule has 1 amide bonds. The number of unbranched alkanes of at least 4 members (excludes halogenated alkanes) is 1. The molecule has 0 aromatic heterocycles. The van der Waals surface area contributed by atoms with Gasteiger partial charge in [-0.05, 0) is 61.0 Å². The van der Waals surface area contributed by atoms with Crippen LogP contribution >= 0.6 is 0 Å². The summed E-state index contributed by atoms with van der Waals surface area (Å²) in [7, 11) is 0. The molecule has 2 N–H and O–H groups in total. The first-order valence-corrected chi connectivity index (χ1v) is 15.5. The molecule has 0 unspecified atom stereocenters. The molecule has 0 radical (unpaired) electrons. The van der Waals surface area contributed by atoms with Crippen molar-refractivity contribution in [3.63, 3.8) is 0 Å². The van der Waals surface area contributed by atoms with E-state index in [0.717, 1.165) is 37.1 Å². The van der Waals surface area contributed by atoms with Crippen molar-refractivity contribution < 1.29 is 33.4 Å². The zero-order chi connectivity index (χ0) is 32.4. The van der Waals surface area contributed by atoms with Crippen molar-refractivity contribution in [3.05, 3.63) is 89.5 Å². The summed E-state index contributed by atoms with van der Waals surface area (Å²) in [5.74, 6) is -0.485. The van der Waals surface area contributed by atoms with Crippen molar-refractivity contribution in [2.24, 2.45) is 0 Å². The van der Waals surface area contributed by atoms with Gasteiger partial charge < -0.3 is 29.3 Å². The SMILES string of the molecule is CCCCOc1cc(C(=O)OCCN(CC)CC)ccc1NOC(=O)[C@@H](Cc1ccc(OCc2ccccc2)cc1)NC(C)=O. The van der Waals surface area contributed by atoms with Crippen molar-refractivity contribution in [1.29, 1.82) is 0 Å². The highest BCUT2D eigenvalue weighted by atomic mass is 16.7. The summed E-state index contributed by atoms with van der Waals surface area (Å²) in [5, 5.41) is 2.66. The monoisotopic (exact) mass is 619 g/mol. The molecule has 0 aliphatic carbocycles. The summed E-state index contributed by atoms with van der Waals surface area (Å²) >= 11 is 0. The number of hydrogen-bond donors (Lipinski definition) is 2. The van der Waals surface area contributed by atoms with Crippen molar-refractivity contribution in [2.75, 3.05) is 38.3 Å². The van der Waals surface area contributed by atoms with Gasteiger partial charge in [0.2, 0.25) is 5.91 Å². The Balaban J connectivity index is 1.63. The second kappa shape index (κ2) is 19.0. The van der Waals surface area contributed by atoms with Gasteiger partial charge in [0.15, 0.2) is 0 Å². The van der Waals surface area contributed by atoms with Crippen molar-refractivity contribution in [2.45, 2.75) is 59.6 Å². The Morgan fingerprint density at radius 2 is 1.58 bits per heavy atom. The topological polar surface area (TPSA) is 115 Å². The summed E-state index contributed by atoms with van der Waals surface area (Å²) in [6.45, 7) is 11.0. The van der Waals surface area contributed by atoms with Crippen LogP contribution in [0.4, 0.5) is 5.69 Å². The van der Waals surface area contributed by atoms with E-state index in [1.165, 1.54) is 6.92 Å². The van der Waals surface area contributed by atoms with Crippen molar-refractivity contribution in [1.82, 2.24) is 10.2 Å². The molecule has 0 fully saturated rings. The number of anilines is 1. The summed E-state index contributed by atoms with van der Waals surface area (Å²) in [6, 6.07) is 21.0. The zero-order valence-electron chi connectivity index (χ0n) is 26.7. The van der Waals surface area contributed by atoms with Crippen LogP contribution in [0.25, 0.3) is 0 Å². The van der Waals surface area contributed by atoms with Crippen molar-refractivity contribution in [3.8, 4) is 11.5 Å². The van der Waals surface area contributed by atoms with Gasteiger partial charge in [0.05, 0.1) is 12.2 Å². The molecule has 0 saturated carbocycles. The molecule has 1 atom stereocenters. The van der Waals surface area contributed by atoms with Gasteiger partial charge >= 0.3 is 11.9 Å². The van der Waals surface area contributed by atoms with Crippen LogP contribution in [-0.2, 0) is 32.2 Å². The molecule has 3 rings (SSSR count). The first-order chi connectivity index (χ1) is 21.8. The van der Waals surface area contributed by atoms with E-state index in [2.05, 4.69) is 29.5 Å². The van der Waals surface area contributed by atoms with Crippen LogP contribution in [0.2, 0.25) is 0 Å². The lowest BCUT2D eigenvalue weighted by atomic mass is 10.1. The molecule has 0 saturated heterocycles. The van der Waals surface area contributed by atoms with Crippen molar-refractivity contribution >= 4 is 23.5 Å². The molecular formula is C35H45N3O7. The largest absolute Gasteiger partial charge is 0.491 e. The lowest BCUT2D eigenvalue weighted by Gasteiger charge is -2.19. The van der Waals surface area contributed by atoms with Crippen LogP contribution in [0.3, 0.4) is 0 Å². The number of benzene rings is 3. The lowest BCUT2D eigenvalue weighted by Crippen LogP contribution is -2.43. The number of ether oxygens (including phenoxy) is 3. The first-order valence-electron chi connectivity index (χ1n) is 15.5. The number of amides is 1. The predicted molar refractivity (Wildman–Crippen MR) is 173 cm³/mol. The Morgan fingerprint density at radius 3 is 2.24 bits per heavy atom. The summed E-state index contributed by atoms with van der Waals surface area (Å²) in [5.41, 5.74) is 5.21. The second-order valence-corrected chi connectivity index (χ2v) is 10.5. The smallest absolute Gasteiger partial charge is 0.354 e. The van der Waals surface area contributed by atoms with Gasteiger partial charge in [-0.2, -0.15) is 0 Å². The quantitative estimate of drug-likeness (QED) is 0.101. The Kier molecular flexibility index (Phi) is 14.7. The number of rotatable bonds is 19. The third-order valence-corrected chi connectivity index (χ3v) is 7.04. The molecule has 0 spiro atoms. The molecule has 0 aliphatic heterocycles. The average molecular weight is 620 g/mol.